The molecule has 0 aromatic carbocycles. The molecule has 3 rings (SSSR count). The van der Waals surface area contributed by atoms with Crippen molar-refractivity contribution in [1.82, 2.24) is 29.7 Å². The summed E-state index contributed by atoms with van der Waals surface area (Å²) < 4.78 is 6.88. The number of morpholine rings is 1. The molecular weight excluding hydrogens is 282 g/mol. The van der Waals surface area contributed by atoms with E-state index < -0.39 is 0 Å². The summed E-state index contributed by atoms with van der Waals surface area (Å²) >= 11 is 6.00. The number of ether oxygens (including phenoxy) is 1. The molecule has 1 aliphatic rings. The molecule has 106 valence electrons. The van der Waals surface area contributed by atoms with Crippen molar-refractivity contribution in [3.05, 3.63) is 16.9 Å². The van der Waals surface area contributed by atoms with Crippen molar-refractivity contribution >= 4 is 17.5 Å². The number of anilines is 1. The Labute approximate surface area is 120 Å². The van der Waals surface area contributed by atoms with Crippen LogP contribution in [0.5, 0.6) is 0 Å². The minimum absolute atomic E-state index is 0.143. The van der Waals surface area contributed by atoms with Gasteiger partial charge in [-0.25, -0.2) is 4.98 Å². The number of halogens is 1. The maximum absolute atomic E-state index is 6.00. The minimum Gasteiger partial charge on any atom is -0.378 e. The first-order chi connectivity index (χ1) is 9.63. The van der Waals surface area contributed by atoms with E-state index in [-0.39, 0.29) is 5.28 Å². The van der Waals surface area contributed by atoms with Crippen molar-refractivity contribution < 1.29 is 4.74 Å². The Morgan fingerprint density at radius 1 is 1.00 bits per heavy atom. The third-order valence-corrected chi connectivity index (χ3v) is 3.11. The van der Waals surface area contributed by atoms with E-state index in [0.717, 1.165) is 13.1 Å². The summed E-state index contributed by atoms with van der Waals surface area (Å²) in [6, 6.07) is 0. The third-order valence-electron chi connectivity index (χ3n) is 2.94. The van der Waals surface area contributed by atoms with Crippen molar-refractivity contribution in [3.63, 3.8) is 0 Å². The van der Waals surface area contributed by atoms with Crippen molar-refractivity contribution in [2.75, 3.05) is 31.2 Å². The van der Waals surface area contributed by atoms with Crippen LogP contribution in [0.2, 0.25) is 5.28 Å². The average Bonchev–Trinajstić information content (AvgIpc) is 2.78. The molecule has 0 spiro atoms. The zero-order chi connectivity index (χ0) is 14.1. The maximum atomic E-state index is 6.00. The first-order valence-corrected chi connectivity index (χ1v) is 6.66. The Balaban J connectivity index is 1.99. The van der Waals surface area contributed by atoms with Crippen LogP contribution in [0, 0.1) is 13.8 Å². The second-order valence-electron chi connectivity index (χ2n) is 4.42. The first kappa shape index (κ1) is 13.2. The Morgan fingerprint density at radius 2 is 1.70 bits per heavy atom. The molecule has 3 heterocycles. The minimum atomic E-state index is 0.143. The van der Waals surface area contributed by atoms with Crippen LogP contribution in [0.3, 0.4) is 0 Å². The molecule has 0 aliphatic carbocycles. The Kier molecular flexibility index (Phi) is 3.49. The Morgan fingerprint density at radius 3 is 2.35 bits per heavy atom. The summed E-state index contributed by atoms with van der Waals surface area (Å²) in [5.41, 5.74) is 0. The molecule has 0 bridgehead atoms. The lowest BCUT2D eigenvalue weighted by Crippen LogP contribution is -2.37. The van der Waals surface area contributed by atoms with Crippen LogP contribution >= 0.6 is 11.6 Å². The van der Waals surface area contributed by atoms with Gasteiger partial charge < -0.3 is 9.64 Å². The van der Waals surface area contributed by atoms with Crippen LogP contribution < -0.4 is 4.90 Å². The highest BCUT2D eigenvalue weighted by Gasteiger charge is 2.18. The van der Waals surface area contributed by atoms with Gasteiger partial charge in [0.15, 0.2) is 0 Å². The lowest BCUT2D eigenvalue weighted by molar-refractivity contribution is 0.122. The quantitative estimate of drug-likeness (QED) is 0.800. The van der Waals surface area contributed by atoms with Gasteiger partial charge in [0.2, 0.25) is 11.2 Å². The number of rotatable bonds is 2. The van der Waals surface area contributed by atoms with Crippen molar-refractivity contribution in [2.24, 2.45) is 0 Å². The lowest BCUT2D eigenvalue weighted by atomic mass is 10.4. The molecule has 8 nitrogen and oxygen atoms in total. The fourth-order valence-corrected chi connectivity index (χ4v) is 2.19. The van der Waals surface area contributed by atoms with Crippen LogP contribution in [-0.2, 0) is 4.74 Å². The van der Waals surface area contributed by atoms with E-state index in [2.05, 4.69) is 25.0 Å². The maximum Gasteiger partial charge on any atom is 0.258 e. The highest BCUT2D eigenvalue weighted by Crippen LogP contribution is 2.15. The largest absolute Gasteiger partial charge is 0.378 e. The van der Waals surface area contributed by atoms with Gasteiger partial charge >= 0.3 is 0 Å². The summed E-state index contributed by atoms with van der Waals surface area (Å²) in [6.45, 7) is 6.42. The van der Waals surface area contributed by atoms with Crippen LogP contribution in [0.15, 0.2) is 0 Å². The molecule has 9 heteroatoms. The van der Waals surface area contributed by atoms with Gasteiger partial charge in [-0.1, -0.05) is 0 Å². The van der Waals surface area contributed by atoms with Crippen molar-refractivity contribution in [2.45, 2.75) is 13.8 Å². The van der Waals surface area contributed by atoms with Crippen LogP contribution in [-0.4, -0.2) is 56.0 Å². The van der Waals surface area contributed by atoms with Gasteiger partial charge in [0.1, 0.15) is 11.6 Å². The highest BCUT2D eigenvalue weighted by molar-refractivity contribution is 6.28. The standard InChI is InChI=1S/C11H14ClN7O/c1-7-13-8(2)19(17-7)11-15-9(12)14-10(16-11)18-3-5-20-6-4-18/h3-6H2,1-2H3. The zero-order valence-corrected chi connectivity index (χ0v) is 12.0. The smallest absolute Gasteiger partial charge is 0.258 e. The van der Waals surface area contributed by atoms with Gasteiger partial charge in [-0.2, -0.15) is 19.6 Å². The molecule has 1 aliphatic heterocycles. The first-order valence-electron chi connectivity index (χ1n) is 6.28. The van der Waals surface area contributed by atoms with Gasteiger partial charge in [-0.3, -0.25) is 0 Å². The Hall–Kier alpha value is -1.80. The Bertz CT molecular complexity index is 623. The molecule has 20 heavy (non-hydrogen) atoms. The van der Waals surface area contributed by atoms with Crippen LogP contribution in [0.1, 0.15) is 11.6 Å². The summed E-state index contributed by atoms with van der Waals surface area (Å²) in [5.74, 6) is 2.28. The topological polar surface area (TPSA) is 81.9 Å². The average molecular weight is 296 g/mol. The molecule has 0 amide bonds. The van der Waals surface area contributed by atoms with Gasteiger partial charge in [0.25, 0.3) is 5.95 Å². The number of aryl methyl sites for hydroxylation is 2. The van der Waals surface area contributed by atoms with E-state index in [1.54, 1.807) is 4.68 Å². The highest BCUT2D eigenvalue weighted by atomic mass is 35.5. The fourth-order valence-electron chi connectivity index (χ4n) is 2.04. The molecule has 0 radical (unpaired) electrons. The summed E-state index contributed by atoms with van der Waals surface area (Å²) in [4.78, 5) is 19.0. The molecule has 0 saturated carbocycles. The van der Waals surface area contributed by atoms with E-state index in [1.165, 1.54) is 0 Å². The summed E-state index contributed by atoms with van der Waals surface area (Å²) in [6.07, 6.45) is 0. The van der Waals surface area contributed by atoms with E-state index in [1.807, 2.05) is 18.7 Å². The van der Waals surface area contributed by atoms with Gasteiger partial charge in [0.05, 0.1) is 13.2 Å². The normalized spacial score (nSPS) is 15.7. The fraction of sp³-hybridized carbons (Fsp3) is 0.545. The molecule has 2 aromatic heterocycles. The third kappa shape index (κ3) is 2.56. The number of hydrogen-bond donors (Lipinski definition) is 0. The molecule has 0 unspecified atom stereocenters. The predicted molar refractivity (Wildman–Crippen MR) is 72.3 cm³/mol. The summed E-state index contributed by atoms with van der Waals surface area (Å²) in [5, 5.41) is 4.40. The van der Waals surface area contributed by atoms with E-state index >= 15 is 0 Å². The van der Waals surface area contributed by atoms with Crippen LogP contribution in [0.25, 0.3) is 5.95 Å². The second-order valence-corrected chi connectivity index (χ2v) is 4.76. The van der Waals surface area contributed by atoms with Gasteiger partial charge in [-0.05, 0) is 25.4 Å². The number of nitrogens with zero attached hydrogens (tertiary/aromatic N) is 7. The van der Waals surface area contributed by atoms with Gasteiger partial charge in [0, 0.05) is 13.1 Å². The van der Waals surface area contributed by atoms with Crippen LogP contribution in [0.4, 0.5) is 5.95 Å². The molecule has 1 saturated heterocycles. The van der Waals surface area contributed by atoms with E-state index in [9.17, 15) is 0 Å². The second kappa shape index (κ2) is 5.29. The molecular formula is C11H14ClN7O. The van der Waals surface area contributed by atoms with E-state index in [4.69, 9.17) is 16.3 Å². The lowest BCUT2D eigenvalue weighted by Gasteiger charge is -2.26. The zero-order valence-electron chi connectivity index (χ0n) is 11.2. The molecule has 0 N–H and O–H groups in total. The van der Waals surface area contributed by atoms with Crippen molar-refractivity contribution in [1.29, 1.82) is 0 Å². The molecule has 0 atom stereocenters. The van der Waals surface area contributed by atoms with E-state index in [0.29, 0.717) is 36.8 Å². The number of hydrogen-bond acceptors (Lipinski definition) is 7. The molecule has 1 fully saturated rings. The van der Waals surface area contributed by atoms with Crippen molar-refractivity contribution in [3.8, 4) is 5.95 Å². The predicted octanol–water partition coefficient (Wildman–Crippen LogP) is 0.559. The molecule has 2 aromatic rings. The SMILES string of the molecule is Cc1nc(C)n(-c2nc(Cl)nc(N3CCOCC3)n2)n1. The number of aromatic nitrogens is 6. The monoisotopic (exact) mass is 295 g/mol. The summed E-state index contributed by atoms with van der Waals surface area (Å²) in [7, 11) is 0. The van der Waals surface area contributed by atoms with Gasteiger partial charge in [-0.15, -0.1) is 5.10 Å².